The quantitative estimate of drug-likeness (QED) is 0.538. The second kappa shape index (κ2) is 5.98. The number of fused-ring (bicyclic) bond motifs is 1. The first-order chi connectivity index (χ1) is 12.0. The predicted molar refractivity (Wildman–Crippen MR) is 91.3 cm³/mol. The molecule has 1 N–H and O–H groups in total. The van der Waals surface area contributed by atoms with E-state index in [1.165, 1.54) is 24.5 Å². The number of imide groups is 1. The van der Waals surface area contributed by atoms with Crippen molar-refractivity contribution in [1.82, 2.24) is 15.3 Å². The average Bonchev–Trinajstić information content (AvgIpc) is 3.12. The van der Waals surface area contributed by atoms with Crippen LogP contribution in [0.25, 0.3) is 28.2 Å². The van der Waals surface area contributed by atoms with Gasteiger partial charge in [0, 0.05) is 41.2 Å². The maximum Gasteiger partial charge on any atom is 0.290 e. The lowest BCUT2D eigenvalue weighted by Crippen LogP contribution is -2.17. The van der Waals surface area contributed by atoms with Gasteiger partial charge in [0.05, 0.1) is 4.91 Å². The lowest BCUT2D eigenvalue weighted by molar-refractivity contribution is -0.115. The summed E-state index contributed by atoms with van der Waals surface area (Å²) in [5.41, 5.74) is 1.45. The first-order valence-corrected chi connectivity index (χ1v) is 8.14. The zero-order chi connectivity index (χ0) is 17.6. The topological polar surface area (TPSA) is 85.1 Å². The fourth-order valence-electron chi connectivity index (χ4n) is 2.38. The van der Waals surface area contributed by atoms with E-state index in [4.69, 9.17) is 16.0 Å². The van der Waals surface area contributed by atoms with Crippen LogP contribution in [0, 0.1) is 5.82 Å². The second-order valence-corrected chi connectivity index (χ2v) is 6.48. The summed E-state index contributed by atoms with van der Waals surface area (Å²) in [6, 6.07) is 2.92. The molecular weight excluding hydrogens is 369 g/mol. The van der Waals surface area contributed by atoms with Crippen LogP contribution in [0.2, 0.25) is 5.15 Å². The first-order valence-electron chi connectivity index (χ1n) is 6.95. The number of carbonyl (C=O) groups is 2. The van der Waals surface area contributed by atoms with Gasteiger partial charge in [-0.2, -0.15) is 0 Å². The molecule has 0 aromatic carbocycles. The molecule has 4 rings (SSSR count). The molecule has 0 atom stereocenters. The number of nitrogens with zero attached hydrogens (tertiary/aromatic N) is 2. The highest BCUT2D eigenvalue weighted by molar-refractivity contribution is 8.18. The summed E-state index contributed by atoms with van der Waals surface area (Å²) in [5.74, 6) is -0.751. The Labute approximate surface area is 149 Å². The van der Waals surface area contributed by atoms with Crippen molar-refractivity contribution >= 4 is 51.6 Å². The third-order valence-electron chi connectivity index (χ3n) is 3.46. The van der Waals surface area contributed by atoms with E-state index in [0.29, 0.717) is 27.9 Å². The van der Waals surface area contributed by atoms with Crippen molar-refractivity contribution in [2.45, 2.75) is 0 Å². The Balaban J connectivity index is 1.81. The number of nitrogens with one attached hydrogen (secondary N) is 1. The number of hydrogen-bond donors (Lipinski definition) is 1. The SMILES string of the molecule is O=C1NC(=O)C(=Cc2cc3cncc(-c4cnc(Cl)c(F)c4)c3o2)S1. The number of aromatic nitrogens is 2. The number of carbonyl (C=O) groups excluding carboxylic acids is 2. The number of pyridine rings is 2. The molecule has 2 amide bonds. The molecule has 25 heavy (non-hydrogen) atoms. The van der Waals surface area contributed by atoms with Crippen molar-refractivity contribution in [3.63, 3.8) is 0 Å². The van der Waals surface area contributed by atoms with Crippen LogP contribution in [0.15, 0.2) is 40.0 Å². The van der Waals surface area contributed by atoms with Gasteiger partial charge >= 0.3 is 0 Å². The number of hydrogen-bond acceptors (Lipinski definition) is 6. The molecule has 3 aromatic rings. The van der Waals surface area contributed by atoms with Crippen molar-refractivity contribution < 1.29 is 18.4 Å². The number of rotatable bonds is 2. The fraction of sp³-hybridized carbons (Fsp3) is 0. The molecule has 1 fully saturated rings. The molecule has 0 saturated carbocycles. The summed E-state index contributed by atoms with van der Waals surface area (Å²) in [7, 11) is 0. The van der Waals surface area contributed by atoms with Crippen LogP contribution >= 0.6 is 23.4 Å². The van der Waals surface area contributed by atoms with Gasteiger partial charge in [0.2, 0.25) is 0 Å². The molecule has 124 valence electrons. The third kappa shape index (κ3) is 2.90. The predicted octanol–water partition coefficient (Wildman–Crippen LogP) is 4.01. The molecule has 4 heterocycles. The average molecular weight is 376 g/mol. The van der Waals surface area contributed by atoms with Crippen molar-refractivity contribution in [1.29, 1.82) is 0 Å². The van der Waals surface area contributed by atoms with Crippen LogP contribution in [0.5, 0.6) is 0 Å². The van der Waals surface area contributed by atoms with Crippen LogP contribution < -0.4 is 5.32 Å². The van der Waals surface area contributed by atoms with Crippen LogP contribution in [0.4, 0.5) is 9.18 Å². The van der Waals surface area contributed by atoms with E-state index in [-0.39, 0.29) is 10.1 Å². The monoisotopic (exact) mass is 375 g/mol. The van der Waals surface area contributed by atoms with E-state index >= 15 is 0 Å². The molecule has 6 nitrogen and oxygen atoms in total. The normalized spacial score (nSPS) is 16.0. The van der Waals surface area contributed by atoms with Crippen molar-refractivity contribution in [2.24, 2.45) is 0 Å². The van der Waals surface area contributed by atoms with E-state index in [9.17, 15) is 14.0 Å². The highest BCUT2D eigenvalue weighted by Crippen LogP contribution is 2.33. The van der Waals surface area contributed by atoms with E-state index < -0.39 is 17.0 Å². The largest absolute Gasteiger partial charge is 0.456 e. The number of thioether (sulfide) groups is 1. The molecule has 0 radical (unpaired) electrons. The zero-order valence-electron chi connectivity index (χ0n) is 12.2. The Hall–Kier alpha value is -2.71. The Morgan fingerprint density at radius 3 is 2.80 bits per heavy atom. The Kier molecular flexibility index (Phi) is 3.78. The minimum atomic E-state index is -0.650. The highest BCUT2D eigenvalue weighted by atomic mass is 35.5. The maximum atomic E-state index is 13.7. The lowest BCUT2D eigenvalue weighted by Gasteiger charge is -2.02. The van der Waals surface area contributed by atoms with Gasteiger partial charge in [0.25, 0.3) is 11.1 Å². The molecule has 1 saturated heterocycles. The Morgan fingerprint density at radius 2 is 2.08 bits per heavy atom. The molecule has 0 unspecified atom stereocenters. The van der Waals surface area contributed by atoms with Crippen LogP contribution in [0.1, 0.15) is 5.76 Å². The first kappa shape index (κ1) is 15.8. The zero-order valence-corrected chi connectivity index (χ0v) is 13.8. The van der Waals surface area contributed by atoms with Crippen LogP contribution in [-0.4, -0.2) is 21.1 Å². The standard InChI is InChI=1S/C16H7ClFN3O3S/c17-14-11(18)2-7(5-20-14)10-6-19-4-8-1-9(24-13(8)10)3-12-15(22)21-16(23)25-12/h1-6H,(H,21,22,23). The van der Waals surface area contributed by atoms with E-state index in [0.717, 1.165) is 11.8 Å². The van der Waals surface area contributed by atoms with Gasteiger partial charge in [-0.05, 0) is 23.9 Å². The summed E-state index contributed by atoms with van der Waals surface area (Å²) in [6.07, 6.45) is 5.99. The third-order valence-corrected chi connectivity index (χ3v) is 4.55. The summed E-state index contributed by atoms with van der Waals surface area (Å²) >= 11 is 6.40. The minimum Gasteiger partial charge on any atom is -0.456 e. The smallest absolute Gasteiger partial charge is 0.290 e. The van der Waals surface area contributed by atoms with E-state index in [2.05, 4.69) is 15.3 Å². The van der Waals surface area contributed by atoms with Gasteiger partial charge in [-0.3, -0.25) is 19.9 Å². The molecule has 0 aliphatic carbocycles. The van der Waals surface area contributed by atoms with Gasteiger partial charge in [0.15, 0.2) is 11.0 Å². The van der Waals surface area contributed by atoms with Gasteiger partial charge in [0.1, 0.15) is 11.3 Å². The summed E-state index contributed by atoms with van der Waals surface area (Å²) < 4.78 is 19.5. The van der Waals surface area contributed by atoms with Gasteiger partial charge < -0.3 is 4.42 Å². The number of amides is 2. The molecule has 0 spiro atoms. The second-order valence-electron chi connectivity index (χ2n) is 5.10. The van der Waals surface area contributed by atoms with Gasteiger partial charge in [-0.25, -0.2) is 9.37 Å². The summed E-state index contributed by atoms with van der Waals surface area (Å²) in [4.78, 5) is 31.0. The molecule has 0 bridgehead atoms. The molecule has 1 aliphatic heterocycles. The summed E-state index contributed by atoms with van der Waals surface area (Å²) in [5, 5.41) is 2.18. The Bertz CT molecular complexity index is 1080. The van der Waals surface area contributed by atoms with Crippen molar-refractivity contribution in [3.05, 3.63) is 52.4 Å². The van der Waals surface area contributed by atoms with Crippen molar-refractivity contribution in [2.75, 3.05) is 0 Å². The maximum absolute atomic E-state index is 13.7. The van der Waals surface area contributed by atoms with Gasteiger partial charge in [-0.15, -0.1) is 0 Å². The van der Waals surface area contributed by atoms with Crippen LogP contribution in [0.3, 0.4) is 0 Å². The fourth-order valence-corrected chi connectivity index (χ4v) is 3.14. The number of furan rings is 1. The molecule has 1 aliphatic rings. The van der Waals surface area contributed by atoms with Crippen LogP contribution in [-0.2, 0) is 4.79 Å². The highest BCUT2D eigenvalue weighted by Gasteiger charge is 2.25. The number of halogens is 2. The van der Waals surface area contributed by atoms with E-state index in [1.54, 1.807) is 12.3 Å². The molecule has 3 aromatic heterocycles. The molecule has 9 heteroatoms. The summed E-state index contributed by atoms with van der Waals surface area (Å²) in [6.45, 7) is 0. The molecular formula is C16H7ClFN3O3S. The Morgan fingerprint density at radius 1 is 1.24 bits per heavy atom. The van der Waals surface area contributed by atoms with E-state index in [1.807, 2.05) is 0 Å². The minimum absolute atomic E-state index is 0.220. The van der Waals surface area contributed by atoms with Crippen molar-refractivity contribution in [3.8, 4) is 11.1 Å². The van der Waals surface area contributed by atoms with Gasteiger partial charge in [-0.1, -0.05) is 11.6 Å². The lowest BCUT2D eigenvalue weighted by atomic mass is 10.1.